The molecular weight excluding hydrogens is 218 g/mol. The van der Waals surface area contributed by atoms with Crippen molar-refractivity contribution in [1.82, 2.24) is 5.32 Å². The molecule has 0 aromatic heterocycles. The van der Waals surface area contributed by atoms with Gasteiger partial charge in [-0.3, -0.25) is 4.79 Å². The van der Waals surface area contributed by atoms with E-state index in [4.69, 9.17) is 5.11 Å². The van der Waals surface area contributed by atoms with Crippen molar-refractivity contribution in [3.8, 4) is 0 Å². The van der Waals surface area contributed by atoms with E-state index in [2.05, 4.69) is 4.74 Å². The maximum atomic E-state index is 10.4. The highest BCUT2D eigenvalue weighted by Gasteiger charge is 2.09. The fourth-order valence-electron chi connectivity index (χ4n) is 0.388. The first-order valence-electron chi connectivity index (χ1n) is 2.91. The van der Waals surface area contributed by atoms with Crippen LogP contribution in [0.1, 0.15) is 0 Å². The van der Waals surface area contributed by atoms with Crippen LogP contribution < -0.4 is 5.32 Å². The van der Waals surface area contributed by atoms with Crippen molar-refractivity contribution in [3.63, 3.8) is 0 Å². The highest BCUT2D eigenvalue weighted by Crippen LogP contribution is 1.81. The molecule has 4 N–H and O–H groups in total. The van der Waals surface area contributed by atoms with Gasteiger partial charge in [0.25, 0.3) is 0 Å². The smallest absolute Gasteiger partial charge is 0.363 e. The molecule has 0 aliphatic carbocycles. The SMILES string of the molecule is COC(=O)CNC(=C=O)C(=O)O.Cl.O. The van der Waals surface area contributed by atoms with Crippen LogP contribution in [0.25, 0.3) is 0 Å². The van der Waals surface area contributed by atoms with Gasteiger partial charge in [-0.25, -0.2) is 9.59 Å². The number of methoxy groups -OCH3 is 1. The highest BCUT2D eigenvalue weighted by atomic mass is 35.5. The first-order valence-corrected chi connectivity index (χ1v) is 2.91. The molecule has 0 aromatic carbocycles. The Hall–Kier alpha value is -1.56. The number of carbonyl (C=O) groups is 2. The van der Waals surface area contributed by atoms with Gasteiger partial charge in [0.2, 0.25) is 5.70 Å². The number of nitrogens with one attached hydrogen (secondary N) is 1. The van der Waals surface area contributed by atoms with Gasteiger partial charge in [0.15, 0.2) is 5.94 Å². The summed E-state index contributed by atoms with van der Waals surface area (Å²) < 4.78 is 4.19. The summed E-state index contributed by atoms with van der Waals surface area (Å²) in [6, 6.07) is 0. The molecule has 7 nitrogen and oxygen atoms in total. The van der Waals surface area contributed by atoms with Gasteiger partial charge in [-0.1, -0.05) is 0 Å². The molecule has 0 saturated heterocycles. The molecule has 0 heterocycles. The Kier molecular flexibility index (Phi) is 12.4. The van der Waals surface area contributed by atoms with Crippen LogP contribution in [0.2, 0.25) is 0 Å². The van der Waals surface area contributed by atoms with E-state index in [0.717, 1.165) is 13.1 Å². The van der Waals surface area contributed by atoms with Crippen LogP contribution in [0.3, 0.4) is 0 Å². The molecule has 0 unspecified atom stereocenters. The molecule has 0 aliphatic heterocycles. The number of carboxylic acid groups (broad SMARTS) is 1. The van der Waals surface area contributed by atoms with E-state index in [0.29, 0.717) is 0 Å². The van der Waals surface area contributed by atoms with Crippen molar-refractivity contribution in [3.05, 3.63) is 5.70 Å². The van der Waals surface area contributed by atoms with Crippen molar-refractivity contribution >= 4 is 30.3 Å². The maximum absolute atomic E-state index is 10.4. The summed E-state index contributed by atoms with van der Waals surface area (Å²) in [4.78, 5) is 30.4. The molecule has 0 atom stereocenters. The average Bonchev–Trinajstić information content (AvgIpc) is 2.04. The van der Waals surface area contributed by atoms with Crippen LogP contribution in [0, 0.1) is 0 Å². The van der Waals surface area contributed by atoms with Gasteiger partial charge in [-0.2, -0.15) is 0 Å². The molecule has 0 bridgehead atoms. The Bertz CT molecular complexity index is 247. The molecule has 0 aliphatic rings. The Labute approximate surface area is 85.5 Å². The lowest BCUT2D eigenvalue weighted by Crippen LogP contribution is -2.27. The van der Waals surface area contributed by atoms with Crippen molar-refractivity contribution < 1.29 is 29.7 Å². The second-order valence-corrected chi connectivity index (χ2v) is 1.71. The van der Waals surface area contributed by atoms with Crippen LogP contribution >= 0.6 is 12.4 Å². The topological polar surface area (TPSA) is 124 Å². The molecule has 14 heavy (non-hydrogen) atoms. The molecule has 0 aromatic rings. The summed E-state index contributed by atoms with van der Waals surface area (Å²) >= 11 is 0. The van der Waals surface area contributed by atoms with E-state index in [9.17, 15) is 14.4 Å². The van der Waals surface area contributed by atoms with E-state index in [1.54, 1.807) is 0 Å². The monoisotopic (exact) mass is 227 g/mol. The number of hydrogen-bond donors (Lipinski definition) is 2. The molecule has 0 amide bonds. The Balaban J connectivity index is -0.000000605. The van der Waals surface area contributed by atoms with Crippen molar-refractivity contribution in [2.45, 2.75) is 0 Å². The predicted molar refractivity (Wildman–Crippen MR) is 47.7 cm³/mol. The molecule has 82 valence electrons. The summed E-state index contributed by atoms with van der Waals surface area (Å²) in [5, 5.41) is 10.3. The minimum absolute atomic E-state index is 0. The lowest BCUT2D eigenvalue weighted by molar-refractivity contribution is -0.139. The van der Waals surface area contributed by atoms with E-state index >= 15 is 0 Å². The summed E-state index contributed by atoms with van der Waals surface area (Å²) in [7, 11) is 1.15. The normalized spacial score (nSPS) is 6.93. The van der Waals surface area contributed by atoms with Gasteiger partial charge in [0.05, 0.1) is 7.11 Å². The zero-order chi connectivity index (χ0) is 9.56. The van der Waals surface area contributed by atoms with E-state index in [-0.39, 0.29) is 24.4 Å². The molecular formula is C6H10ClNO6. The third-order valence-corrected chi connectivity index (χ3v) is 0.953. The molecule has 0 fully saturated rings. The van der Waals surface area contributed by atoms with Crippen LogP contribution in [-0.2, 0) is 19.1 Å². The van der Waals surface area contributed by atoms with E-state index in [1.807, 2.05) is 5.32 Å². The van der Waals surface area contributed by atoms with Gasteiger partial charge in [-0.15, -0.1) is 12.4 Å². The fourth-order valence-corrected chi connectivity index (χ4v) is 0.388. The van der Waals surface area contributed by atoms with Gasteiger partial charge in [0.1, 0.15) is 6.54 Å². The second-order valence-electron chi connectivity index (χ2n) is 1.71. The number of carbonyl (C=O) groups excluding carboxylic acids is 2. The minimum Gasteiger partial charge on any atom is -0.476 e. The lowest BCUT2D eigenvalue weighted by atomic mass is 10.5. The van der Waals surface area contributed by atoms with Crippen molar-refractivity contribution in [1.29, 1.82) is 0 Å². The number of aliphatic carboxylic acids is 1. The number of esters is 1. The number of rotatable bonds is 4. The van der Waals surface area contributed by atoms with Crippen LogP contribution in [0.5, 0.6) is 0 Å². The Morgan fingerprint density at radius 3 is 2.29 bits per heavy atom. The number of halogens is 1. The number of hydrogen-bond acceptors (Lipinski definition) is 5. The zero-order valence-electron chi connectivity index (χ0n) is 7.20. The first-order chi connectivity index (χ1) is 5.61. The number of carboxylic acids is 1. The zero-order valence-corrected chi connectivity index (χ0v) is 8.01. The van der Waals surface area contributed by atoms with E-state index in [1.165, 1.54) is 0 Å². The third kappa shape index (κ3) is 7.11. The van der Waals surface area contributed by atoms with Gasteiger partial charge < -0.3 is 20.6 Å². The molecule has 0 spiro atoms. The standard InChI is InChI=1S/C6H7NO5.ClH.H2O/c1-12-5(9)2-7-4(3-8)6(10)11;;/h7H,2H2,1H3,(H,10,11);1H;1H2. The molecule has 8 heteroatoms. The quantitative estimate of drug-likeness (QED) is 0.330. The molecule has 0 rings (SSSR count). The van der Waals surface area contributed by atoms with Gasteiger partial charge >= 0.3 is 11.9 Å². The largest absolute Gasteiger partial charge is 0.476 e. The summed E-state index contributed by atoms with van der Waals surface area (Å²) in [5.41, 5.74) is -0.694. The van der Waals surface area contributed by atoms with Gasteiger partial charge in [0, 0.05) is 0 Å². The highest BCUT2D eigenvalue weighted by molar-refractivity contribution is 5.95. The minimum atomic E-state index is -1.46. The molecule has 0 saturated carbocycles. The summed E-state index contributed by atoms with van der Waals surface area (Å²) in [6.45, 7) is -0.368. The van der Waals surface area contributed by atoms with Crippen LogP contribution in [0.4, 0.5) is 0 Å². The fraction of sp³-hybridized carbons (Fsp3) is 0.333. The predicted octanol–water partition coefficient (Wildman–Crippen LogP) is -1.85. The third-order valence-electron chi connectivity index (χ3n) is 0.953. The Morgan fingerprint density at radius 2 is 2.00 bits per heavy atom. The van der Waals surface area contributed by atoms with Crippen LogP contribution in [0.15, 0.2) is 5.70 Å². The summed E-state index contributed by atoms with van der Waals surface area (Å²) in [6.07, 6.45) is 0. The van der Waals surface area contributed by atoms with Crippen LogP contribution in [-0.4, -0.2) is 42.1 Å². The van der Waals surface area contributed by atoms with Crippen molar-refractivity contribution in [2.24, 2.45) is 0 Å². The molecule has 0 radical (unpaired) electrons. The van der Waals surface area contributed by atoms with Crippen molar-refractivity contribution in [2.75, 3.05) is 13.7 Å². The second kappa shape index (κ2) is 9.53. The van der Waals surface area contributed by atoms with Gasteiger partial charge in [-0.05, 0) is 0 Å². The summed E-state index contributed by atoms with van der Waals surface area (Å²) in [5.74, 6) is -0.998. The Morgan fingerprint density at radius 1 is 1.50 bits per heavy atom. The average molecular weight is 228 g/mol. The van der Waals surface area contributed by atoms with E-state index < -0.39 is 17.6 Å². The lowest BCUT2D eigenvalue weighted by Gasteiger charge is -2.00. The first kappa shape index (κ1) is 18.3. The number of ether oxygens (including phenoxy) is 1. The maximum Gasteiger partial charge on any atom is 0.363 e.